The molecular formula is C13H20F2N2. The number of likely N-dealkylation sites (N-methyl/N-ethyl adjacent to an activating group) is 1. The first kappa shape index (κ1) is 14.1. The SMILES string of the molecule is CCN(CC)CC(CN)c1ccc(F)cc1F. The molecule has 0 aliphatic heterocycles. The van der Waals surface area contributed by atoms with E-state index in [2.05, 4.69) is 18.7 Å². The molecule has 2 nitrogen and oxygen atoms in total. The minimum atomic E-state index is -0.551. The Morgan fingerprint density at radius 1 is 1.24 bits per heavy atom. The molecule has 1 aromatic carbocycles. The van der Waals surface area contributed by atoms with Gasteiger partial charge in [0.15, 0.2) is 0 Å². The molecule has 0 bridgehead atoms. The summed E-state index contributed by atoms with van der Waals surface area (Å²) in [4.78, 5) is 2.18. The van der Waals surface area contributed by atoms with E-state index in [9.17, 15) is 8.78 Å². The Bertz CT molecular complexity index is 351. The van der Waals surface area contributed by atoms with Crippen LogP contribution in [0.2, 0.25) is 0 Å². The summed E-state index contributed by atoms with van der Waals surface area (Å²) in [5, 5.41) is 0. The summed E-state index contributed by atoms with van der Waals surface area (Å²) in [5.74, 6) is -1.15. The van der Waals surface area contributed by atoms with Gasteiger partial charge in [-0.3, -0.25) is 0 Å². The molecule has 2 N–H and O–H groups in total. The van der Waals surface area contributed by atoms with Crippen LogP contribution >= 0.6 is 0 Å². The van der Waals surface area contributed by atoms with Gasteiger partial charge in [-0.1, -0.05) is 19.9 Å². The maximum atomic E-state index is 13.6. The number of hydrogen-bond acceptors (Lipinski definition) is 2. The van der Waals surface area contributed by atoms with Gasteiger partial charge in [0.2, 0.25) is 0 Å². The second kappa shape index (κ2) is 6.67. The van der Waals surface area contributed by atoms with Gasteiger partial charge in [0.05, 0.1) is 0 Å². The van der Waals surface area contributed by atoms with Crippen molar-refractivity contribution in [3.05, 3.63) is 35.4 Å². The largest absolute Gasteiger partial charge is 0.330 e. The zero-order valence-corrected chi connectivity index (χ0v) is 10.4. The first-order chi connectivity index (χ1) is 8.12. The summed E-state index contributed by atoms with van der Waals surface area (Å²) in [7, 11) is 0. The molecule has 1 rings (SSSR count). The van der Waals surface area contributed by atoms with Crippen molar-refractivity contribution in [2.75, 3.05) is 26.2 Å². The maximum absolute atomic E-state index is 13.6. The van der Waals surface area contributed by atoms with Gasteiger partial charge in [-0.2, -0.15) is 0 Å². The number of rotatable bonds is 6. The van der Waals surface area contributed by atoms with Crippen LogP contribution < -0.4 is 5.73 Å². The summed E-state index contributed by atoms with van der Waals surface area (Å²) in [6.07, 6.45) is 0. The Labute approximate surface area is 101 Å². The minimum Gasteiger partial charge on any atom is -0.330 e. The summed E-state index contributed by atoms with van der Waals surface area (Å²) >= 11 is 0. The lowest BCUT2D eigenvalue weighted by Gasteiger charge is -2.24. The molecule has 0 fully saturated rings. The highest BCUT2D eigenvalue weighted by Crippen LogP contribution is 2.20. The molecule has 0 amide bonds. The van der Waals surface area contributed by atoms with E-state index in [0.717, 1.165) is 19.2 Å². The third kappa shape index (κ3) is 3.75. The van der Waals surface area contributed by atoms with Gasteiger partial charge in [0.25, 0.3) is 0 Å². The Hall–Kier alpha value is -1.00. The average molecular weight is 242 g/mol. The van der Waals surface area contributed by atoms with Gasteiger partial charge in [-0.25, -0.2) is 8.78 Å². The second-order valence-electron chi connectivity index (χ2n) is 4.08. The van der Waals surface area contributed by atoms with Crippen LogP contribution in [0.25, 0.3) is 0 Å². The molecule has 4 heteroatoms. The molecule has 0 aliphatic rings. The predicted molar refractivity (Wildman–Crippen MR) is 65.9 cm³/mol. The lowest BCUT2D eigenvalue weighted by Crippen LogP contribution is -2.32. The monoisotopic (exact) mass is 242 g/mol. The standard InChI is InChI=1S/C13H20F2N2/c1-3-17(4-2)9-10(8-16)12-6-5-11(14)7-13(12)15/h5-7,10H,3-4,8-9,16H2,1-2H3. The lowest BCUT2D eigenvalue weighted by atomic mass is 9.98. The highest BCUT2D eigenvalue weighted by molar-refractivity contribution is 5.23. The number of halogens is 2. The van der Waals surface area contributed by atoms with Crippen LogP contribution in [0, 0.1) is 11.6 Å². The molecule has 0 radical (unpaired) electrons. The van der Waals surface area contributed by atoms with Crippen molar-refractivity contribution in [3.63, 3.8) is 0 Å². The van der Waals surface area contributed by atoms with Gasteiger partial charge in [0, 0.05) is 25.1 Å². The predicted octanol–water partition coefficient (Wildman–Crippen LogP) is 2.35. The lowest BCUT2D eigenvalue weighted by molar-refractivity contribution is 0.282. The zero-order valence-electron chi connectivity index (χ0n) is 10.4. The number of nitrogens with two attached hydrogens (primary N) is 1. The molecular weight excluding hydrogens is 222 g/mol. The molecule has 1 aromatic rings. The molecule has 96 valence electrons. The van der Waals surface area contributed by atoms with Gasteiger partial charge >= 0.3 is 0 Å². The molecule has 0 spiro atoms. The Balaban J connectivity index is 2.85. The number of benzene rings is 1. The van der Waals surface area contributed by atoms with Crippen molar-refractivity contribution < 1.29 is 8.78 Å². The molecule has 0 saturated carbocycles. The topological polar surface area (TPSA) is 29.3 Å². The smallest absolute Gasteiger partial charge is 0.129 e. The fourth-order valence-corrected chi connectivity index (χ4v) is 1.93. The Morgan fingerprint density at radius 2 is 1.88 bits per heavy atom. The van der Waals surface area contributed by atoms with Crippen LogP contribution in [0.4, 0.5) is 8.78 Å². The van der Waals surface area contributed by atoms with Crippen molar-refractivity contribution in [3.8, 4) is 0 Å². The van der Waals surface area contributed by atoms with Gasteiger partial charge in [-0.15, -0.1) is 0 Å². The van der Waals surface area contributed by atoms with Crippen molar-refractivity contribution in [2.45, 2.75) is 19.8 Å². The van der Waals surface area contributed by atoms with Crippen LogP contribution in [0.15, 0.2) is 18.2 Å². The summed E-state index contributed by atoms with van der Waals surface area (Å²) in [5.41, 5.74) is 6.18. The molecule has 0 aliphatic carbocycles. The van der Waals surface area contributed by atoms with E-state index in [0.29, 0.717) is 18.7 Å². The highest BCUT2D eigenvalue weighted by Gasteiger charge is 2.17. The Kier molecular flexibility index (Phi) is 5.51. The van der Waals surface area contributed by atoms with E-state index in [-0.39, 0.29) is 5.92 Å². The third-order valence-electron chi connectivity index (χ3n) is 3.06. The van der Waals surface area contributed by atoms with Crippen LogP contribution in [-0.2, 0) is 0 Å². The molecule has 1 atom stereocenters. The molecule has 17 heavy (non-hydrogen) atoms. The van der Waals surface area contributed by atoms with Crippen molar-refractivity contribution in [1.82, 2.24) is 4.90 Å². The maximum Gasteiger partial charge on any atom is 0.129 e. The van der Waals surface area contributed by atoms with Gasteiger partial charge in [0.1, 0.15) is 11.6 Å². The summed E-state index contributed by atoms with van der Waals surface area (Å²) in [6.45, 7) is 6.97. The van der Waals surface area contributed by atoms with E-state index < -0.39 is 11.6 Å². The van der Waals surface area contributed by atoms with E-state index >= 15 is 0 Å². The fourth-order valence-electron chi connectivity index (χ4n) is 1.93. The van der Waals surface area contributed by atoms with Crippen molar-refractivity contribution in [1.29, 1.82) is 0 Å². The van der Waals surface area contributed by atoms with E-state index in [1.54, 1.807) is 0 Å². The first-order valence-corrected chi connectivity index (χ1v) is 5.99. The molecule has 1 unspecified atom stereocenters. The average Bonchev–Trinajstić information content (AvgIpc) is 2.32. The van der Waals surface area contributed by atoms with Crippen LogP contribution in [0.3, 0.4) is 0 Å². The quantitative estimate of drug-likeness (QED) is 0.829. The number of nitrogens with zero attached hydrogens (tertiary/aromatic N) is 1. The zero-order chi connectivity index (χ0) is 12.8. The van der Waals surface area contributed by atoms with E-state index in [4.69, 9.17) is 5.73 Å². The second-order valence-corrected chi connectivity index (χ2v) is 4.08. The van der Waals surface area contributed by atoms with E-state index in [1.807, 2.05) is 0 Å². The normalized spacial score (nSPS) is 13.1. The van der Waals surface area contributed by atoms with Crippen molar-refractivity contribution >= 4 is 0 Å². The third-order valence-corrected chi connectivity index (χ3v) is 3.06. The summed E-state index contributed by atoms with van der Waals surface area (Å²) in [6, 6.07) is 3.69. The molecule has 0 saturated heterocycles. The molecule has 0 heterocycles. The van der Waals surface area contributed by atoms with Crippen molar-refractivity contribution in [2.24, 2.45) is 5.73 Å². The van der Waals surface area contributed by atoms with Gasteiger partial charge in [-0.05, 0) is 24.7 Å². The fraction of sp³-hybridized carbons (Fsp3) is 0.538. The van der Waals surface area contributed by atoms with Crippen LogP contribution in [-0.4, -0.2) is 31.1 Å². The summed E-state index contributed by atoms with van der Waals surface area (Å²) < 4.78 is 26.5. The van der Waals surface area contributed by atoms with E-state index in [1.165, 1.54) is 12.1 Å². The Morgan fingerprint density at radius 3 is 2.35 bits per heavy atom. The number of hydrogen-bond donors (Lipinski definition) is 1. The molecule has 0 aromatic heterocycles. The van der Waals surface area contributed by atoms with Gasteiger partial charge < -0.3 is 10.6 Å². The highest BCUT2D eigenvalue weighted by atomic mass is 19.1. The van der Waals surface area contributed by atoms with Crippen LogP contribution in [0.5, 0.6) is 0 Å². The minimum absolute atomic E-state index is 0.0875. The first-order valence-electron chi connectivity index (χ1n) is 5.99. The van der Waals surface area contributed by atoms with Crippen LogP contribution in [0.1, 0.15) is 25.3 Å².